The van der Waals surface area contributed by atoms with E-state index in [1.165, 1.54) is 167 Å². The highest BCUT2D eigenvalue weighted by atomic mass is 16.5. The molecule has 0 aliphatic rings. The lowest BCUT2D eigenvalue weighted by molar-refractivity contribution is 0.302. The van der Waals surface area contributed by atoms with E-state index in [2.05, 4.69) is 13.8 Å². The summed E-state index contributed by atoms with van der Waals surface area (Å²) in [6.07, 6.45) is 40.8. The first-order chi connectivity index (χ1) is 28.1. The van der Waals surface area contributed by atoms with E-state index >= 15 is 0 Å². The van der Waals surface area contributed by atoms with Gasteiger partial charge in [0.1, 0.15) is 23.0 Å². The third kappa shape index (κ3) is 23.5. The Kier molecular flexibility index (Phi) is 28.1. The van der Waals surface area contributed by atoms with Gasteiger partial charge in [0.05, 0.1) is 24.3 Å². The third-order valence-electron chi connectivity index (χ3n) is 12.1. The van der Waals surface area contributed by atoms with E-state index in [0.717, 1.165) is 12.8 Å². The molecule has 0 spiro atoms. The molecule has 0 bridgehead atoms. The van der Waals surface area contributed by atoms with Crippen molar-refractivity contribution >= 4 is 12.4 Å². The van der Waals surface area contributed by atoms with Gasteiger partial charge in [-0.3, -0.25) is 9.98 Å². The Labute approximate surface area is 357 Å². The van der Waals surface area contributed by atoms with Gasteiger partial charge in [0.25, 0.3) is 0 Å². The summed E-state index contributed by atoms with van der Waals surface area (Å²) < 4.78 is 11.9. The van der Waals surface area contributed by atoms with Crippen LogP contribution < -0.4 is 9.47 Å². The first kappa shape index (κ1) is 51.1. The van der Waals surface area contributed by atoms with Crippen LogP contribution in [-0.2, 0) is 0 Å². The minimum Gasteiger partial charge on any atom is -0.507 e. The summed E-state index contributed by atoms with van der Waals surface area (Å²) in [5.74, 6) is 1.66. The van der Waals surface area contributed by atoms with E-state index in [1.807, 2.05) is 52.0 Å². The standard InChI is InChI=1S/C52H88N2O4/c1-7-9-11-13-15-17-19-21-23-25-27-29-31-33-39-57-47-37-35-45(49(55)41-47)43-53-51(3,4)52(5,6)54-44-46-36-38-48(42-50(46)56)58-40-34-32-30-28-26-24-22-20-18-16-14-12-10-8-2/h35-38,41-44,55-56H,7-34,39-40H2,1-6H3. The number of benzene rings is 2. The van der Waals surface area contributed by atoms with Gasteiger partial charge in [0, 0.05) is 35.7 Å². The molecule has 0 radical (unpaired) electrons. The van der Waals surface area contributed by atoms with Crippen molar-refractivity contribution in [2.24, 2.45) is 9.98 Å². The zero-order valence-corrected chi connectivity index (χ0v) is 38.4. The smallest absolute Gasteiger partial charge is 0.128 e. The number of phenols is 2. The van der Waals surface area contributed by atoms with Gasteiger partial charge in [0.15, 0.2) is 0 Å². The van der Waals surface area contributed by atoms with Crippen molar-refractivity contribution in [3.8, 4) is 23.0 Å². The van der Waals surface area contributed by atoms with Gasteiger partial charge in [-0.25, -0.2) is 0 Å². The van der Waals surface area contributed by atoms with E-state index < -0.39 is 11.1 Å². The Morgan fingerprint density at radius 3 is 0.931 bits per heavy atom. The van der Waals surface area contributed by atoms with Crippen molar-refractivity contribution in [2.45, 2.75) is 232 Å². The lowest BCUT2D eigenvalue weighted by Crippen LogP contribution is -2.42. The van der Waals surface area contributed by atoms with Crippen LogP contribution in [0.1, 0.15) is 232 Å². The van der Waals surface area contributed by atoms with Crippen molar-refractivity contribution in [3.05, 3.63) is 47.5 Å². The molecule has 0 aromatic heterocycles. The summed E-state index contributed by atoms with van der Waals surface area (Å²) in [6.45, 7) is 14.0. The van der Waals surface area contributed by atoms with Gasteiger partial charge in [-0.05, 0) is 64.8 Å². The second-order valence-electron chi connectivity index (χ2n) is 18.0. The number of aliphatic imine (C=N–C) groups is 2. The molecule has 2 N–H and O–H groups in total. The highest BCUT2D eigenvalue weighted by molar-refractivity contribution is 5.85. The van der Waals surface area contributed by atoms with Crippen LogP contribution in [0.5, 0.6) is 23.0 Å². The monoisotopic (exact) mass is 805 g/mol. The molecule has 2 rings (SSSR count). The molecular formula is C52H88N2O4. The first-order valence-electron chi connectivity index (χ1n) is 24.1. The van der Waals surface area contributed by atoms with Crippen LogP contribution in [-0.4, -0.2) is 46.9 Å². The molecule has 6 nitrogen and oxygen atoms in total. The maximum atomic E-state index is 10.7. The zero-order valence-electron chi connectivity index (χ0n) is 38.4. The van der Waals surface area contributed by atoms with Crippen LogP contribution in [0.3, 0.4) is 0 Å². The highest BCUT2D eigenvalue weighted by Crippen LogP contribution is 2.31. The number of phenolic OH excluding ortho intramolecular Hbond substituents is 2. The predicted octanol–water partition coefficient (Wildman–Crippen LogP) is 15.9. The summed E-state index contributed by atoms with van der Waals surface area (Å²) >= 11 is 0. The van der Waals surface area contributed by atoms with Crippen LogP contribution in [0, 0.1) is 0 Å². The molecule has 2 aromatic rings. The largest absolute Gasteiger partial charge is 0.507 e. The van der Waals surface area contributed by atoms with E-state index in [1.54, 1.807) is 24.6 Å². The molecule has 330 valence electrons. The Bertz CT molecular complexity index is 1260. The fourth-order valence-corrected chi connectivity index (χ4v) is 7.20. The Hall–Kier alpha value is -3.02. The average molecular weight is 805 g/mol. The van der Waals surface area contributed by atoms with Crippen LogP contribution in [0.15, 0.2) is 46.4 Å². The normalized spacial score (nSPS) is 12.3. The predicted molar refractivity (Wildman–Crippen MR) is 251 cm³/mol. The average Bonchev–Trinajstić information content (AvgIpc) is 3.20. The molecule has 0 saturated heterocycles. The third-order valence-corrected chi connectivity index (χ3v) is 12.1. The zero-order chi connectivity index (χ0) is 42.2. The lowest BCUT2D eigenvalue weighted by Gasteiger charge is -2.35. The maximum Gasteiger partial charge on any atom is 0.128 e. The van der Waals surface area contributed by atoms with Gasteiger partial charge in [-0.2, -0.15) is 0 Å². The molecule has 0 aliphatic carbocycles. The Morgan fingerprint density at radius 1 is 0.414 bits per heavy atom. The molecule has 58 heavy (non-hydrogen) atoms. The molecule has 0 amide bonds. The highest BCUT2D eigenvalue weighted by Gasteiger charge is 2.36. The number of aromatic hydroxyl groups is 2. The number of ether oxygens (including phenoxy) is 2. The van der Waals surface area contributed by atoms with Gasteiger partial charge >= 0.3 is 0 Å². The Balaban J connectivity index is 1.64. The molecular weight excluding hydrogens is 717 g/mol. The van der Waals surface area contributed by atoms with E-state index in [4.69, 9.17) is 19.5 Å². The van der Waals surface area contributed by atoms with E-state index in [9.17, 15) is 10.2 Å². The summed E-state index contributed by atoms with van der Waals surface area (Å²) in [5, 5.41) is 21.5. The molecule has 0 atom stereocenters. The second kappa shape index (κ2) is 31.8. The van der Waals surface area contributed by atoms with E-state index in [-0.39, 0.29) is 11.5 Å². The van der Waals surface area contributed by atoms with Gasteiger partial charge in [0.2, 0.25) is 0 Å². The van der Waals surface area contributed by atoms with Crippen LogP contribution in [0.25, 0.3) is 0 Å². The van der Waals surface area contributed by atoms with E-state index in [0.29, 0.717) is 35.8 Å². The minimum absolute atomic E-state index is 0.149. The summed E-state index contributed by atoms with van der Waals surface area (Å²) in [5.41, 5.74) is 0.0919. The van der Waals surface area contributed by atoms with Gasteiger partial charge < -0.3 is 19.7 Å². The van der Waals surface area contributed by atoms with Crippen LogP contribution >= 0.6 is 0 Å². The number of rotatable bonds is 37. The molecule has 6 heteroatoms. The Morgan fingerprint density at radius 2 is 0.672 bits per heavy atom. The fraction of sp³-hybridized carbons (Fsp3) is 0.731. The van der Waals surface area contributed by atoms with Crippen LogP contribution in [0.4, 0.5) is 0 Å². The number of nitrogens with zero attached hydrogens (tertiary/aromatic N) is 2. The fourth-order valence-electron chi connectivity index (χ4n) is 7.20. The molecule has 0 saturated carbocycles. The molecule has 0 aliphatic heterocycles. The quantitative estimate of drug-likeness (QED) is 0.0526. The number of hydrogen-bond acceptors (Lipinski definition) is 6. The molecule has 0 unspecified atom stereocenters. The van der Waals surface area contributed by atoms with Crippen molar-refractivity contribution in [1.82, 2.24) is 0 Å². The van der Waals surface area contributed by atoms with Gasteiger partial charge in [-0.15, -0.1) is 0 Å². The van der Waals surface area contributed by atoms with Gasteiger partial charge in [-0.1, -0.05) is 181 Å². The number of hydrogen-bond donors (Lipinski definition) is 2. The SMILES string of the molecule is CCCCCCCCCCCCCCCCOc1ccc(C=NC(C)(C)C(C)(C)N=Cc2ccc(OCCCCCCCCCCCCCCCC)cc2O)c(O)c1. The van der Waals surface area contributed by atoms with Crippen molar-refractivity contribution in [1.29, 1.82) is 0 Å². The maximum absolute atomic E-state index is 10.7. The summed E-state index contributed by atoms with van der Waals surface area (Å²) in [6, 6.07) is 10.9. The summed E-state index contributed by atoms with van der Waals surface area (Å²) in [4.78, 5) is 9.70. The molecule has 2 aromatic carbocycles. The topological polar surface area (TPSA) is 83.6 Å². The minimum atomic E-state index is -0.592. The molecule has 0 heterocycles. The number of unbranched alkanes of at least 4 members (excludes halogenated alkanes) is 26. The first-order valence-corrected chi connectivity index (χ1v) is 24.1. The second-order valence-corrected chi connectivity index (χ2v) is 18.0. The van der Waals surface area contributed by atoms with Crippen molar-refractivity contribution in [2.75, 3.05) is 13.2 Å². The van der Waals surface area contributed by atoms with Crippen molar-refractivity contribution in [3.63, 3.8) is 0 Å². The molecule has 0 fully saturated rings. The van der Waals surface area contributed by atoms with Crippen molar-refractivity contribution < 1.29 is 19.7 Å². The lowest BCUT2D eigenvalue weighted by atomic mass is 9.83. The van der Waals surface area contributed by atoms with Crippen LogP contribution in [0.2, 0.25) is 0 Å². The summed E-state index contributed by atoms with van der Waals surface area (Å²) in [7, 11) is 0.